The van der Waals surface area contributed by atoms with E-state index in [1.807, 2.05) is 0 Å². The van der Waals surface area contributed by atoms with Crippen LogP contribution in [0, 0.1) is 0 Å². The molecule has 4 heteroatoms. The van der Waals surface area contributed by atoms with Gasteiger partial charge in [0, 0.05) is 6.42 Å². The van der Waals surface area contributed by atoms with Crippen molar-refractivity contribution in [2.24, 2.45) is 0 Å². The van der Waals surface area contributed by atoms with Crippen molar-refractivity contribution in [1.82, 2.24) is 0 Å². The predicted octanol–water partition coefficient (Wildman–Crippen LogP) is 0.499. The van der Waals surface area contributed by atoms with Crippen LogP contribution in [-0.2, 0) is 9.53 Å². The summed E-state index contributed by atoms with van der Waals surface area (Å²) in [6.45, 7) is 0. The summed E-state index contributed by atoms with van der Waals surface area (Å²) in [4.78, 5) is 9.45. The fourth-order valence-electron chi connectivity index (χ4n) is 0.708. The Morgan fingerprint density at radius 1 is 1.90 bits per heavy atom. The van der Waals surface area contributed by atoms with E-state index in [-0.39, 0.29) is 0 Å². The van der Waals surface area contributed by atoms with Crippen LogP contribution in [0.25, 0.3) is 0 Å². The van der Waals surface area contributed by atoms with Gasteiger partial charge >= 0.3 is 5.97 Å². The van der Waals surface area contributed by atoms with E-state index in [4.69, 9.17) is 0 Å². The first kappa shape index (κ1) is 7.63. The Kier molecular flexibility index (Phi) is 2.01. The van der Waals surface area contributed by atoms with Crippen LogP contribution >= 0.6 is 11.8 Å². The van der Waals surface area contributed by atoms with Crippen molar-refractivity contribution >= 4 is 17.7 Å². The minimum Gasteiger partial charge on any atom is -0.466 e. The number of carbonyl (C=O) groups is 1. The smallest absolute Gasteiger partial charge is 0.349 e. The molecule has 3 nitrogen and oxygen atoms in total. The van der Waals surface area contributed by atoms with E-state index < -0.39 is 10.9 Å². The molecule has 0 aromatic carbocycles. The molecule has 1 aliphatic rings. The van der Waals surface area contributed by atoms with E-state index in [2.05, 4.69) is 4.74 Å². The van der Waals surface area contributed by atoms with E-state index in [0.29, 0.717) is 6.42 Å². The summed E-state index contributed by atoms with van der Waals surface area (Å²) in [5.74, 6) is -0.581. The number of aliphatic hydroxyl groups is 1. The first-order valence-electron chi connectivity index (χ1n) is 2.83. The Morgan fingerprint density at radius 2 is 2.60 bits per heavy atom. The molecule has 0 saturated heterocycles. The molecule has 1 N–H and O–H groups in total. The van der Waals surface area contributed by atoms with Crippen molar-refractivity contribution in [3.8, 4) is 0 Å². The maximum Gasteiger partial charge on any atom is 0.349 e. The molecule has 0 bridgehead atoms. The van der Waals surface area contributed by atoms with Crippen molar-refractivity contribution in [2.45, 2.75) is 11.4 Å². The number of hydrogen-bond donors (Lipinski definition) is 1. The molecular weight excluding hydrogens is 152 g/mol. The van der Waals surface area contributed by atoms with Gasteiger partial charge in [-0.1, -0.05) is 17.8 Å². The van der Waals surface area contributed by atoms with Crippen LogP contribution < -0.4 is 0 Å². The second-order valence-electron chi connectivity index (χ2n) is 1.97. The summed E-state index contributed by atoms with van der Waals surface area (Å²) in [7, 11) is 1.26. The Balaban J connectivity index is 2.61. The molecule has 1 aliphatic heterocycles. The summed E-state index contributed by atoms with van der Waals surface area (Å²) in [5, 5.41) is 11.1. The zero-order valence-corrected chi connectivity index (χ0v) is 6.35. The fraction of sp³-hybridized carbons (Fsp3) is 0.500. The van der Waals surface area contributed by atoms with Crippen LogP contribution in [0.15, 0.2) is 11.5 Å². The van der Waals surface area contributed by atoms with Gasteiger partial charge in [-0.2, -0.15) is 0 Å². The summed E-state index contributed by atoms with van der Waals surface area (Å²) < 4.78 is 4.39. The van der Waals surface area contributed by atoms with E-state index >= 15 is 0 Å². The second kappa shape index (κ2) is 2.64. The largest absolute Gasteiger partial charge is 0.466 e. The highest BCUT2D eigenvalue weighted by Crippen LogP contribution is 2.34. The average Bonchev–Trinajstić information content (AvgIpc) is 2.36. The van der Waals surface area contributed by atoms with Crippen LogP contribution in [0.2, 0.25) is 0 Å². The number of ether oxygens (including phenoxy) is 1. The van der Waals surface area contributed by atoms with Gasteiger partial charge in [-0.15, -0.1) is 0 Å². The topological polar surface area (TPSA) is 46.5 Å². The third kappa shape index (κ3) is 1.17. The molecule has 1 heterocycles. The first-order valence-corrected chi connectivity index (χ1v) is 3.70. The van der Waals surface area contributed by atoms with E-state index in [0.717, 1.165) is 11.8 Å². The lowest BCUT2D eigenvalue weighted by Gasteiger charge is -2.16. The molecule has 56 valence electrons. The molecule has 0 fully saturated rings. The SMILES string of the molecule is COC(=O)C1(O)CC=CS1. The number of carbonyl (C=O) groups excluding carboxylic acids is 1. The number of thioether (sulfide) groups is 1. The Labute approximate surface area is 63.1 Å². The normalized spacial score (nSPS) is 30.6. The zero-order chi connectivity index (χ0) is 7.61. The van der Waals surface area contributed by atoms with Crippen LogP contribution in [0.3, 0.4) is 0 Å². The van der Waals surface area contributed by atoms with Crippen LogP contribution in [-0.4, -0.2) is 23.1 Å². The van der Waals surface area contributed by atoms with Crippen molar-refractivity contribution in [3.05, 3.63) is 11.5 Å². The molecule has 0 aromatic heterocycles. The lowest BCUT2D eigenvalue weighted by molar-refractivity contribution is -0.152. The number of rotatable bonds is 1. The Hall–Kier alpha value is -0.480. The van der Waals surface area contributed by atoms with Gasteiger partial charge in [0.1, 0.15) is 0 Å². The summed E-state index contributed by atoms with van der Waals surface area (Å²) in [6.07, 6.45) is 2.08. The lowest BCUT2D eigenvalue weighted by Crippen LogP contribution is -2.33. The predicted molar refractivity (Wildman–Crippen MR) is 38.3 cm³/mol. The van der Waals surface area contributed by atoms with Crippen molar-refractivity contribution in [3.63, 3.8) is 0 Å². The Morgan fingerprint density at radius 3 is 3.00 bits per heavy atom. The Bertz CT molecular complexity index is 168. The van der Waals surface area contributed by atoms with Gasteiger partial charge in [0.05, 0.1) is 7.11 Å². The quantitative estimate of drug-likeness (QED) is 0.567. The monoisotopic (exact) mass is 160 g/mol. The van der Waals surface area contributed by atoms with E-state index in [9.17, 15) is 9.90 Å². The van der Waals surface area contributed by atoms with Crippen LogP contribution in [0.5, 0.6) is 0 Å². The van der Waals surface area contributed by atoms with Gasteiger partial charge in [0.2, 0.25) is 4.93 Å². The van der Waals surface area contributed by atoms with Crippen molar-refractivity contribution < 1.29 is 14.6 Å². The van der Waals surface area contributed by atoms with E-state index in [1.54, 1.807) is 11.5 Å². The zero-order valence-electron chi connectivity index (χ0n) is 5.53. The molecule has 0 radical (unpaired) electrons. The minimum atomic E-state index is -1.35. The minimum absolute atomic E-state index is 0.338. The van der Waals surface area contributed by atoms with Gasteiger partial charge in [0.15, 0.2) is 0 Å². The van der Waals surface area contributed by atoms with Crippen LogP contribution in [0.4, 0.5) is 0 Å². The van der Waals surface area contributed by atoms with Gasteiger partial charge < -0.3 is 9.84 Å². The molecule has 0 saturated carbocycles. The maximum atomic E-state index is 10.8. The number of methoxy groups -OCH3 is 1. The molecule has 0 spiro atoms. The van der Waals surface area contributed by atoms with Gasteiger partial charge in [-0.05, 0) is 5.41 Å². The molecule has 1 atom stereocenters. The van der Waals surface area contributed by atoms with Crippen molar-refractivity contribution in [1.29, 1.82) is 0 Å². The molecular formula is C6H8O3S. The molecule has 0 aliphatic carbocycles. The van der Waals surface area contributed by atoms with Gasteiger partial charge in [-0.25, -0.2) is 4.79 Å². The van der Waals surface area contributed by atoms with Gasteiger partial charge in [-0.3, -0.25) is 0 Å². The average molecular weight is 160 g/mol. The van der Waals surface area contributed by atoms with Crippen LogP contribution in [0.1, 0.15) is 6.42 Å². The number of esters is 1. The fourth-order valence-corrected chi connectivity index (χ4v) is 1.50. The highest BCUT2D eigenvalue weighted by Gasteiger charge is 2.38. The summed E-state index contributed by atoms with van der Waals surface area (Å²) in [6, 6.07) is 0. The molecule has 0 aromatic rings. The lowest BCUT2D eigenvalue weighted by atomic mass is 10.2. The first-order chi connectivity index (χ1) is 4.69. The summed E-state index contributed by atoms with van der Waals surface area (Å²) >= 11 is 1.08. The van der Waals surface area contributed by atoms with Gasteiger partial charge in [0.25, 0.3) is 0 Å². The molecule has 1 unspecified atom stereocenters. The third-order valence-electron chi connectivity index (χ3n) is 1.26. The third-order valence-corrected chi connectivity index (χ3v) is 2.31. The van der Waals surface area contributed by atoms with Crippen molar-refractivity contribution in [2.75, 3.05) is 7.11 Å². The second-order valence-corrected chi connectivity index (χ2v) is 3.15. The highest BCUT2D eigenvalue weighted by molar-refractivity contribution is 8.04. The maximum absolute atomic E-state index is 10.8. The standard InChI is InChI=1S/C6H8O3S/c1-9-5(7)6(8)3-2-4-10-6/h2,4,8H,3H2,1H3. The highest BCUT2D eigenvalue weighted by atomic mass is 32.2. The van der Waals surface area contributed by atoms with E-state index in [1.165, 1.54) is 7.11 Å². The summed E-state index contributed by atoms with van der Waals surface area (Å²) in [5.41, 5.74) is 0. The number of hydrogen-bond acceptors (Lipinski definition) is 4. The molecule has 10 heavy (non-hydrogen) atoms. The molecule has 1 rings (SSSR count). The molecule has 0 amide bonds.